The van der Waals surface area contributed by atoms with Crippen LogP contribution in [0.2, 0.25) is 0 Å². The normalized spacial score (nSPS) is 10.8. The van der Waals surface area contributed by atoms with Crippen LogP contribution in [0, 0.1) is 16.7 Å². The highest BCUT2D eigenvalue weighted by Gasteiger charge is 2.35. The van der Waals surface area contributed by atoms with Crippen molar-refractivity contribution in [3.63, 3.8) is 0 Å². The first-order valence-corrected chi connectivity index (χ1v) is 12.4. The molecule has 0 saturated heterocycles. The van der Waals surface area contributed by atoms with Crippen molar-refractivity contribution in [1.29, 1.82) is 10.7 Å². The Morgan fingerprint density at radius 2 is 1.65 bits per heavy atom. The van der Waals surface area contributed by atoms with E-state index < -0.39 is 63.6 Å². The average Bonchev–Trinajstić information content (AvgIpc) is 2.95. The van der Waals surface area contributed by atoms with Gasteiger partial charge in [-0.1, -0.05) is 13.0 Å². The van der Waals surface area contributed by atoms with Crippen LogP contribution in [-0.2, 0) is 20.6 Å². The topological polar surface area (TPSA) is 184 Å². The molecular weight excluding hydrogens is 571 g/mol. The highest BCUT2D eigenvalue weighted by Crippen LogP contribution is 2.43. The van der Waals surface area contributed by atoms with E-state index in [0.29, 0.717) is 0 Å². The lowest BCUT2D eigenvalue weighted by Gasteiger charge is -2.22. The van der Waals surface area contributed by atoms with Gasteiger partial charge >= 0.3 is 12.1 Å². The molecule has 5 N–H and O–H groups in total. The summed E-state index contributed by atoms with van der Waals surface area (Å²) in [5, 5.41) is 42.1. The number of carbonyl (C=O) groups is 4. The Morgan fingerprint density at radius 3 is 2.21 bits per heavy atom. The molecule has 0 saturated carbocycles. The van der Waals surface area contributed by atoms with Crippen molar-refractivity contribution >= 4 is 46.5 Å². The van der Waals surface area contributed by atoms with Crippen LogP contribution in [0.5, 0.6) is 5.75 Å². The van der Waals surface area contributed by atoms with Crippen LogP contribution in [0.4, 0.5) is 30.2 Å². The van der Waals surface area contributed by atoms with Gasteiger partial charge in [0.15, 0.2) is 0 Å². The van der Waals surface area contributed by atoms with Gasteiger partial charge in [-0.3, -0.25) is 19.8 Å². The average molecular weight is 596 g/mol. The number of carboxylic acids is 1. The Labute approximate surface area is 242 Å². The fourth-order valence-corrected chi connectivity index (χ4v) is 3.95. The number of aromatic hydroxyl groups is 1. The maximum absolute atomic E-state index is 14.3. The third-order valence-electron chi connectivity index (χ3n) is 6.31. The minimum absolute atomic E-state index is 0.0153. The lowest BCUT2D eigenvalue weighted by Crippen LogP contribution is -2.24. The zero-order valence-electron chi connectivity index (χ0n) is 22.9. The summed E-state index contributed by atoms with van der Waals surface area (Å²) in [5.41, 5.74) is -4.58. The Bertz CT molecular complexity index is 1710. The van der Waals surface area contributed by atoms with Gasteiger partial charge in [-0.05, 0) is 42.0 Å². The van der Waals surface area contributed by atoms with E-state index in [9.17, 15) is 42.6 Å². The number of halogens is 3. The molecule has 3 rings (SSSR count). The van der Waals surface area contributed by atoms with Gasteiger partial charge in [0, 0.05) is 43.3 Å². The summed E-state index contributed by atoms with van der Waals surface area (Å²) in [6.07, 6.45) is -5.02. The van der Waals surface area contributed by atoms with Crippen LogP contribution < -0.4 is 15.5 Å². The number of hydrogen-bond acceptors (Lipinski definition) is 7. The van der Waals surface area contributed by atoms with Gasteiger partial charge in [0.2, 0.25) is 11.8 Å². The van der Waals surface area contributed by atoms with E-state index in [2.05, 4.69) is 10.6 Å². The summed E-state index contributed by atoms with van der Waals surface area (Å²) in [6, 6.07) is 9.91. The number of amides is 3. The van der Waals surface area contributed by atoms with Crippen LogP contribution in [-0.4, -0.2) is 46.7 Å². The molecule has 43 heavy (non-hydrogen) atoms. The van der Waals surface area contributed by atoms with E-state index in [4.69, 9.17) is 10.7 Å². The van der Waals surface area contributed by atoms with Crippen molar-refractivity contribution in [2.24, 2.45) is 0 Å². The van der Waals surface area contributed by atoms with Gasteiger partial charge in [0.05, 0.1) is 34.1 Å². The Morgan fingerprint density at radius 1 is 0.977 bits per heavy atom. The van der Waals surface area contributed by atoms with E-state index in [1.165, 1.54) is 33.0 Å². The van der Waals surface area contributed by atoms with Crippen LogP contribution in [0.1, 0.15) is 47.3 Å². The lowest BCUT2D eigenvalue weighted by molar-refractivity contribution is -0.137. The molecule has 222 valence electrons. The number of alkyl halides is 3. The van der Waals surface area contributed by atoms with Crippen molar-refractivity contribution in [2.45, 2.75) is 26.4 Å². The minimum Gasteiger partial charge on any atom is -0.507 e. The van der Waals surface area contributed by atoms with Gasteiger partial charge in [-0.2, -0.15) is 18.4 Å². The second kappa shape index (κ2) is 12.4. The third-order valence-corrected chi connectivity index (χ3v) is 6.31. The zero-order chi connectivity index (χ0) is 32.2. The van der Waals surface area contributed by atoms with E-state index in [0.717, 1.165) is 41.3 Å². The van der Waals surface area contributed by atoms with Crippen molar-refractivity contribution < 1.29 is 42.6 Å². The molecule has 0 aliphatic carbocycles. The fraction of sp³-hybridized carbons (Fsp3) is 0.172. The van der Waals surface area contributed by atoms with Gasteiger partial charge < -0.3 is 25.7 Å². The monoisotopic (exact) mass is 595 g/mol. The number of benzene rings is 3. The number of rotatable bonds is 8. The van der Waals surface area contributed by atoms with Crippen LogP contribution in [0.15, 0.2) is 48.5 Å². The standard InChI is InChI=1S/C29H24F3N5O6/c1-4-25(40)35-23-12-24(39)20(26(34)27(41)36-22-8-5-15(13-33)9-19(22)28(42)43)11-18(23)17-7-6-16(37(3)14(2)38)10-21(17)29(30,31)32/h5-12,34,39H,4H2,1-3H3,(H,35,40)(H,36,41)(H,42,43). The predicted molar refractivity (Wildman–Crippen MR) is 150 cm³/mol. The van der Waals surface area contributed by atoms with E-state index in [1.807, 2.05) is 0 Å². The molecule has 0 aliphatic heterocycles. The number of aromatic carboxylic acids is 1. The molecule has 0 fully saturated rings. The molecule has 3 aromatic carbocycles. The number of nitriles is 1. The molecule has 0 radical (unpaired) electrons. The van der Waals surface area contributed by atoms with Crippen molar-refractivity contribution in [1.82, 2.24) is 0 Å². The molecule has 0 aromatic heterocycles. The third kappa shape index (κ3) is 6.96. The quantitative estimate of drug-likeness (QED) is 0.227. The molecule has 14 heteroatoms. The molecule has 0 spiro atoms. The highest BCUT2D eigenvalue weighted by atomic mass is 19.4. The van der Waals surface area contributed by atoms with Gasteiger partial charge in [-0.25, -0.2) is 4.79 Å². The van der Waals surface area contributed by atoms with E-state index in [1.54, 1.807) is 6.07 Å². The number of phenols is 1. The molecule has 0 aliphatic rings. The molecule has 11 nitrogen and oxygen atoms in total. The number of carbonyl (C=O) groups excluding carboxylic acids is 3. The smallest absolute Gasteiger partial charge is 0.417 e. The first-order valence-electron chi connectivity index (χ1n) is 12.4. The van der Waals surface area contributed by atoms with E-state index in [-0.39, 0.29) is 34.6 Å². The fourth-order valence-electron chi connectivity index (χ4n) is 3.95. The molecule has 3 amide bonds. The summed E-state index contributed by atoms with van der Waals surface area (Å²) in [6.45, 7) is 2.66. The van der Waals surface area contributed by atoms with E-state index >= 15 is 0 Å². The van der Waals surface area contributed by atoms with Gasteiger partial charge in [0.25, 0.3) is 5.91 Å². The first-order chi connectivity index (χ1) is 20.1. The maximum Gasteiger partial charge on any atom is 0.417 e. The van der Waals surface area contributed by atoms with Crippen molar-refractivity contribution in [3.8, 4) is 22.9 Å². The molecule has 0 unspecified atom stereocenters. The Kier molecular flexibility index (Phi) is 9.20. The first kappa shape index (κ1) is 31.8. The molecule has 0 heterocycles. The summed E-state index contributed by atoms with van der Waals surface area (Å²) in [7, 11) is 1.28. The number of anilines is 3. The number of carboxylic acid groups (broad SMARTS) is 1. The highest BCUT2D eigenvalue weighted by molar-refractivity contribution is 6.48. The van der Waals surface area contributed by atoms with Gasteiger partial charge in [-0.15, -0.1) is 0 Å². The number of nitrogens with zero attached hydrogens (tertiary/aromatic N) is 2. The van der Waals surface area contributed by atoms with Gasteiger partial charge in [0.1, 0.15) is 11.5 Å². The van der Waals surface area contributed by atoms with Crippen molar-refractivity contribution in [2.75, 3.05) is 22.6 Å². The maximum atomic E-state index is 14.3. The number of hydrogen-bond donors (Lipinski definition) is 5. The summed E-state index contributed by atoms with van der Waals surface area (Å²) >= 11 is 0. The molecule has 0 atom stereocenters. The second-order valence-corrected chi connectivity index (χ2v) is 9.13. The Balaban J connectivity index is 2.19. The van der Waals surface area contributed by atoms with Crippen molar-refractivity contribution in [3.05, 3.63) is 70.8 Å². The molecule has 0 bridgehead atoms. The Hall–Kier alpha value is -5.71. The predicted octanol–water partition coefficient (Wildman–Crippen LogP) is 4.99. The van der Waals surface area contributed by atoms with Crippen LogP contribution >= 0.6 is 0 Å². The largest absolute Gasteiger partial charge is 0.507 e. The van der Waals surface area contributed by atoms with Crippen LogP contribution in [0.25, 0.3) is 11.1 Å². The second-order valence-electron chi connectivity index (χ2n) is 9.13. The minimum atomic E-state index is -4.96. The lowest BCUT2D eigenvalue weighted by atomic mass is 9.93. The van der Waals surface area contributed by atoms with Crippen LogP contribution in [0.3, 0.4) is 0 Å². The number of nitrogens with one attached hydrogen (secondary N) is 3. The summed E-state index contributed by atoms with van der Waals surface area (Å²) in [4.78, 5) is 49.6. The zero-order valence-corrected chi connectivity index (χ0v) is 22.9. The summed E-state index contributed by atoms with van der Waals surface area (Å²) in [5.74, 6) is -4.59. The SMILES string of the molecule is CCC(=O)Nc1cc(O)c(C(=N)C(=O)Nc2ccc(C#N)cc2C(=O)O)cc1-c1ccc(N(C)C(C)=O)cc1C(F)(F)F. The molecule has 3 aromatic rings. The number of phenolic OH excluding ortho intramolecular Hbond substituents is 1. The summed E-state index contributed by atoms with van der Waals surface area (Å²) < 4.78 is 42.9. The molecular formula is C29H24F3N5O6.